The summed E-state index contributed by atoms with van der Waals surface area (Å²) in [7, 11) is 0. The quantitative estimate of drug-likeness (QED) is 0.199. The van der Waals surface area contributed by atoms with E-state index >= 15 is 0 Å². The molecule has 2 heterocycles. The smallest absolute Gasteiger partial charge is 0.135 e. The molecule has 7 aromatic carbocycles. The molecule has 0 bridgehead atoms. The number of rotatable bonds is 3. The molecule has 0 saturated heterocycles. The van der Waals surface area contributed by atoms with Gasteiger partial charge in [0.1, 0.15) is 11.2 Å². The molecule has 218 valence electrons. The van der Waals surface area contributed by atoms with Crippen molar-refractivity contribution in [3.05, 3.63) is 151 Å². The second-order valence-corrected chi connectivity index (χ2v) is 14.0. The van der Waals surface area contributed by atoms with Crippen LogP contribution in [-0.2, 0) is 5.41 Å². The first-order valence-corrected chi connectivity index (χ1v) is 16.7. The fourth-order valence-electron chi connectivity index (χ4n) is 7.85. The predicted molar refractivity (Wildman–Crippen MR) is 196 cm³/mol. The Bertz CT molecular complexity index is 2690. The van der Waals surface area contributed by atoms with Crippen molar-refractivity contribution in [1.82, 2.24) is 0 Å². The number of hydrogen-bond acceptors (Lipinski definition) is 3. The van der Waals surface area contributed by atoms with Crippen LogP contribution in [0.5, 0.6) is 0 Å². The zero-order valence-electron chi connectivity index (χ0n) is 25.5. The summed E-state index contributed by atoms with van der Waals surface area (Å²) in [5.74, 6) is 0. The summed E-state index contributed by atoms with van der Waals surface area (Å²) in [6.07, 6.45) is 0. The summed E-state index contributed by atoms with van der Waals surface area (Å²) in [5, 5.41) is 7.39. The molecule has 9 aromatic rings. The summed E-state index contributed by atoms with van der Waals surface area (Å²) in [5.41, 5.74) is 10.6. The summed E-state index contributed by atoms with van der Waals surface area (Å²) >= 11 is 1.89. The lowest BCUT2D eigenvalue weighted by Crippen LogP contribution is -2.15. The van der Waals surface area contributed by atoms with Crippen molar-refractivity contribution in [2.45, 2.75) is 19.3 Å². The minimum atomic E-state index is -0.0490. The Balaban J connectivity index is 1.29. The molecular formula is C43H29NOS. The van der Waals surface area contributed by atoms with Crippen molar-refractivity contribution in [3.63, 3.8) is 0 Å². The topological polar surface area (TPSA) is 16.4 Å². The van der Waals surface area contributed by atoms with Gasteiger partial charge in [-0.05, 0) is 76.2 Å². The van der Waals surface area contributed by atoms with Crippen LogP contribution in [0.4, 0.5) is 17.1 Å². The molecule has 1 aliphatic rings. The zero-order valence-corrected chi connectivity index (χ0v) is 26.4. The third kappa shape index (κ3) is 3.52. The van der Waals surface area contributed by atoms with Crippen LogP contribution in [0.25, 0.3) is 64.0 Å². The number of hydrogen-bond donors (Lipinski definition) is 0. The van der Waals surface area contributed by atoms with E-state index in [1.54, 1.807) is 0 Å². The Morgan fingerprint density at radius 2 is 1.28 bits per heavy atom. The van der Waals surface area contributed by atoms with E-state index in [0.717, 1.165) is 33.3 Å². The summed E-state index contributed by atoms with van der Waals surface area (Å²) in [4.78, 5) is 2.46. The summed E-state index contributed by atoms with van der Waals surface area (Å²) in [6.45, 7) is 4.69. The molecule has 0 spiro atoms. The van der Waals surface area contributed by atoms with Gasteiger partial charge in [-0.15, -0.1) is 11.3 Å². The van der Waals surface area contributed by atoms with Crippen LogP contribution in [0.2, 0.25) is 0 Å². The van der Waals surface area contributed by atoms with E-state index in [0.29, 0.717) is 0 Å². The molecule has 0 radical (unpaired) electrons. The Morgan fingerprint density at radius 1 is 0.543 bits per heavy atom. The molecule has 1 aliphatic carbocycles. The lowest BCUT2D eigenvalue weighted by atomic mass is 9.82. The number of thiophene rings is 1. The van der Waals surface area contributed by atoms with Gasteiger partial charge in [-0.2, -0.15) is 0 Å². The highest BCUT2D eigenvalue weighted by atomic mass is 32.1. The van der Waals surface area contributed by atoms with Crippen LogP contribution in [0.3, 0.4) is 0 Å². The Morgan fingerprint density at radius 3 is 2.22 bits per heavy atom. The maximum absolute atomic E-state index is 6.27. The monoisotopic (exact) mass is 607 g/mol. The Hall–Kier alpha value is -5.38. The van der Waals surface area contributed by atoms with Gasteiger partial charge in [0.15, 0.2) is 0 Å². The number of nitrogens with zero attached hydrogens (tertiary/aromatic N) is 1. The molecule has 0 saturated carbocycles. The van der Waals surface area contributed by atoms with Crippen molar-refractivity contribution < 1.29 is 4.42 Å². The van der Waals surface area contributed by atoms with Crippen molar-refractivity contribution in [2.75, 3.05) is 4.90 Å². The first kappa shape index (κ1) is 25.9. The van der Waals surface area contributed by atoms with Gasteiger partial charge in [-0.25, -0.2) is 0 Å². The highest BCUT2D eigenvalue weighted by Gasteiger charge is 2.35. The van der Waals surface area contributed by atoms with Crippen molar-refractivity contribution in [2.24, 2.45) is 0 Å². The van der Waals surface area contributed by atoms with E-state index in [1.807, 2.05) is 17.4 Å². The SMILES string of the molecule is CC1(C)c2ccccc2-c2cc(N(c3ccc4oc5ccccc5c4c3)c3cccc4ccc5c6ccccc6sc5c34)ccc21. The minimum absolute atomic E-state index is 0.0490. The van der Waals surface area contributed by atoms with Crippen LogP contribution in [0, 0.1) is 0 Å². The van der Waals surface area contributed by atoms with Crippen LogP contribution in [0.15, 0.2) is 144 Å². The molecular weight excluding hydrogens is 579 g/mol. The molecule has 2 aromatic heterocycles. The molecule has 0 N–H and O–H groups in total. The standard InChI is InChI=1S/C43H29NOS/c1-43(2)35-14-6-3-11-29(35)33-24-27(19-22-36(33)43)44(28-20-23-39-34(25-28)30-12-4-7-16-38(30)45-39)37-15-9-10-26-18-21-32-31-13-5-8-17-40(31)46-42(32)41(26)37/h3-25H,1-2H3. The molecule has 46 heavy (non-hydrogen) atoms. The molecule has 3 heteroatoms. The number of furan rings is 1. The number of benzene rings is 7. The van der Waals surface area contributed by atoms with E-state index in [4.69, 9.17) is 4.42 Å². The highest BCUT2D eigenvalue weighted by molar-refractivity contribution is 7.26. The number of fused-ring (bicyclic) bond motifs is 11. The van der Waals surface area contributed by atoms with Crippen molar-refractivity contribution in [3.8, 4) is 11.1 Å². The fourth-order valence-corrected chi connectivity index (χ4v) is 9.11. The average Bonchev–Trinajstić information content (AvgIpc) is 3.73. The lowest BCUT2D eigenvalue weighted by Gasteiger charge is -2.28. The summed E-state index contributed by atoms with van der Waals surface area (Å²) < 4.78 is 8.90. The summed E-state index contributed by atoms with van der Waals surface area (Å²) in [6, 6.07) is 51.0. The molecule has 0 amide bonds. The zero-order chi connectivity index (χ0) is 30.6. The van der Waals surface area contributed by atoms with Crippen molar-refractivity contribution >= 4 is 81.3 Å². The molecule has 0 aliphatic heterocycles. The van der Waals surface area contributed by atoms with Gasteiger partial charge < -0.3 is 9.32 Å². The van der Waals surface area contributed by atoms with Crippen molar-refractivity contribution in [1.29, 1.82) is 0 Å². The molecule has 2 nitrogen and oxygen atoms in total. The van der Waals surface area contributed by atoms with Gasteiger partial charge in [0.25, 0.3) is 0 Å². The average molecular weight is 608 g/mol. The van der Waals surface area contributed by atoms with Crippen LogP contribution in [-0.4, -0.2) is 0 Å². The van der Waals surface area contributed by atoms with E-state index in [9.17, 15) is 0 Å². The second kappa shape index (κ2) is 9.32. The number of anilines is 3. The third-order valence-corrected chi connectivity index (χ3v) is 11.3. The predicted octanol–water partition coefficient (Wildman–Crippen LogP) is 12.9. The Labute approximate surface area is 270 Å². The molecule has 0 fully saturated rings. The van der Waals surface area contributed by atoms with Gasteiger partial charge in [-0.1, -0.05) is 105 Å². The second-order valence-electron chi connectivity index (χ2n) is 12.9. The largest absolute Gasteiger partial charge is 0.456 e. The van der Waals surface area contributed by atoms with E-state index in [2.05, 4.69) is 152 Å². The molecule has 10 rings (SSSR count). The van der Waals surface area contributed by atoms with Gasteiger partial charge in [-0.3, -0.25) is 0 Å². The van der Waals surface area contributed by atoms with Crippen LogP contribution >= 0.6 is 11.3 Å². The van der Waals surface area contributed by atoms with Crippen LogP contribution in [0.1, 0.15) is 25.0 Å². The van der Waals surface area contributed by atoms with Gasteiger partial charge in [0, 0.05) is 53.1 Å². The van der Waals surface area contributed by atoms with Gasteiger partial charge in [0.2, 0.25) is 0 Å². The van der Waals surface area contributed by atoms with E-state index < -0.39 is 0 Å². The number of para-hydroxylation sites is 1. The van der Waals surface area contributed by atoms with E-state index in [1.165, 1.54) is 58.9 Å². The molecule has 0 atom stereocenters. The first-order valence-electron chi connectivity index (χ1n) is 15.9. The van der Waals surface area contributed by atoms with E-state index in [-0.39, 0.29) is 5.41 Å². The highest BCUT2D eigenvalue weighted by Crippen LogP contribution is 2.52. The van der Waals surface area contributed by atoms with Gasteiger partial charge in [0.05, 0.1) is 5.69 Å². The fraction of sp³-hybridized carbons (Fsp3) is 0.0698. The molecule has 0 unspecified atom stereocenters. The maximum Gasteiger partial charge on any atom is 0.135 e. The third-order valence-electron chi connectivity index (χ3n) is 10.0. The van der Waals surface area contributed by atoms with Crippen LogP contribution < -0.4 is 4.90 Å². The minimum Gasteiger partial charge on any atom is -0.456 e. The lowest BCUT2D eigenvalue weighted by molar-refractivity contribution is 0.660. The van der Waals surface area contributed by atoms with Gasteiger partial charge >= 0.3 is 0 Å². The Kier molecular flexibility index (Phi) is 5.25. The normalized spacial score (nSPS) is 13.6. The maximum atomic E-state index is 6.27. The first-order chi connectivity index (χ1) is 22.6.